The third-order valence-corrected chi connectivity index (χ3v) is 0. The number of halogens is 2. The van der Waals surface area contributed by atoms with Crippen LogP contribution in [-0.4, -0.2) is 0 Å². The smallest absolute Gasteiger partial charge is 0.00191 e. The standard InChI is InChI=1S/Ag.Br2S/c;1-3-2. The molecule has 0 aromatic heterocycles. The fraction of sp³-hybridized carbons (Fsp3) is 0. The molecule has 31 valence electrons. The molecule has 4 heavy (non-hydrogen) atoms. The molecule has 0 atom stereocenters. The Morgan fingerprint density at radius 1 is 1.25 bits per heavy atom. The van der Waals surface area contributed by atoms with Crippen molar-refractivity contribution in [3.8, 4) is 0 Å². The zero-order valence-corrected chi connectivity index (χ0v) is 6.94. The van der Waals surface area contributed by atoms with Gasteiger partial charge in [-0.25, -0.2) is 0 Å². The Morgan fingerprint density at radius 2 is 1.25 bits per heavy atom. The van der Waals surface area contributed by atoms with E-state index in [9.17, 15) is 0 Å². The molecule has 0 fully saturated rings. The summed E-state index contributed by atoms with van der Waals surface area (Å²) in [6.45, 7) is 0. The van der Waals surface area contributed by atoms with E-state index in [-0.39, 0.29) is 22.4 Å². The van der Waals surface area contributed by atoms with Crippen LogP contribution in [0.25, 0.3) is 0 Å². The molecule has 0 aromatic carbocycles. The van der Waals surface area contributed by atoms with Gasteiger partial charge in [-0.15, -0.1) is 0 Å². The number of hydrogen-bond donors (Lipinski definition) is 0. The molecule has 0 nitrogen and oxygen atoms in total. The Hall–Kier alpha value is 2.05. The van der Waals surface area contributed by atoms with E-state index >= 15 is 0 Å². The topological polar surface area (TPSA) is 0 Å². The molecule has 0 aliphatic rings. The van der Waals surface area contributed by atoms with Crippen molar-refractivity contribution in [1.29, 1.82) is 0 Å². The summed E-state index contributed by atoms with van der Waals surface area (Å²) in [5.74, 6) is 0. The van der Waals surface area contributed by atoms with Crippen LogP contribution >= 0.6 is 38.3 Å². The molecule has 0 rings (SSSR count). The number of rotatable bonds is 0. The van der Waals surface area contributed by atoms with Crippen LogP contribution in [0.5, 0.6) is 0 Å². The first-order chi connectivity index (χ1) is 1.41. The first-order valence-corrected chi connectivity index (χ1v) is 4.81. The van der Waals surface area contributed by atoms with Crippen LogP contribution in [0.15, 0.2) is 0 Å². The maximum absolute atomic E-state index is 2.98. The molecule has 0 saturated carbocycles. The largest absolute Gasteiger partial charge is 0.00382 e. The van der Waals surface area contributed by atoms with Crippen LogP contribution < -0.4 is 0 Å². The monoisotopic (exact) mass is 297 g/mol. The van der Waals surface area contributed by atoms with Crippen molar-refractivity contribution in [3.63, 3.8) is 0 Å². The minimum Gasteiger partial charge on any atom is -0.00382 e. The van der Waals surface area contributed by atoms with E-state index in [1.807, 2.05) is 0 Å². The average Bonchev–Trinajstić information content (AvgIpc) is 0.918. The molecular weight excluding hydrogens is 300 g/mol. The number of hydrogen-bond acceptors (Lipinski definition) is 1. The fourth-order valence-electron chi connectivity index (χ4n) is 0. The molecule has 0 aromatic rings. The Kier molecular flexibility index (Phi) is 20.9. The van der Waals surface area contributed by atoms with E-state index in [1.165, 1.54) is 8.63 Å². The van der Waals surface area contributed by atoms with Crippen molar-refractivity contribution in [3.05, 3.63) is 0 Å². The summed E-state index contributed by atoms with van der Waals surface area (Å²) in [7, 11) is 1.38. The van der Waals surface area contributed by atoms with Crippen LogP contribution in [-0.2, 0) is 22.4 Å². The normalized spacial score (nSPS) is 4.50. The summed E-state index contributed by atoms with van der Waals surface area (Å²) in [4.78, 5) is 0. The minimum atomic E-state index is 0. The Balaban J connectivity index is 0. The second-order valence-electron chi connectivity index (χ2n) is 0.0583. The Labute approximate surface area is 60.0 Å². The summed E-state index contributed by atoms with van der Waals surface area (Å²) in [6, 6.07) is 0. The maximum atomic E-state index is 2.98. The fourth-order valence-corrected chi connectivity index (χ4v) is 0. The quantitative estimate of drug-likeness (QED) is 0.619. The van der Waals surface area contributed by atoms with Gasteiger partial charge in [-0.3, -0.25) is 0 Å². The van der Waals surface area contributed by atoms with E-state index in [0.29, 0.717) is 0 Å². The van der Waals surface area contributed by atoms with Gasteiger partial charge in [0.1, 0.15) is 0 Å². The van der Waals surface area contributed by atoms with E-state index in [0.717, 1.165) is 0 Å². The van der Waals surface area contributed by atoms with Crippen LogP contribution in [0, 0.1) is 0 Å². The SMILES string of the molecule is BrSBr.[Ag]. The molecule has 0 aliphatic carbocycles. The second-order valence-corrected chi connectivity index (χ2v) is 4.72. The average molecular weight is 300 g/mol. The zero-order chi connectivity index (χ0) is 2.71. The van der Waals surface area contributed by atoms with E-state index in [4.69, 9.17) is 0 Å². The Bertz CT molecular complexity index is 6.00. The first kappa shape index (κ1) is 9.41. The third kappa shape index (κ3) is 8.96. The molecule has 0 spiro atoms. The summed E-state index contributed by atoms with van der Waals surface area (Å²) in [6.07, 6.45) is 0. The van der Waals surface area contributed by atoms with Gasteiger partial charge in [-0.05, 0) is 8.63 Å². The minimum absolute atomic E-state index is 0. The van der Waals surface area contributed by atoms with Gasteiger partial charge in [0.05, 0.1) is 0 Å². The van der Waals surface area contributed by atoms with E-state index in [2.05, 4.69) is 29.6 Å². The molecule has 1 radical (unpaired) electrons. The van der Waals surface area contributed by atoms with Gasteiger partial charge in [0.15, 0.2) is 0 Å². The third-order valence-electron chi connectivity index (χ3n) is 0. The van der Waals surface area contributed by atoms with Crippen molar-refractivity contribution in [2.24, 2.45) is 0 Å². The van der Waals surface area contributed by atoms with Crippen molar-refractivity contribution in [1.82, 2.24) is 0 Å². The summed E-state index contributed by atoms with van der Waals surface area (Å²) in [5.41, 5.74) is 0. The van der Waals surface area contributed by atoms with Crippen molar-refractivity contribution >= 4 is 38.3 Å². The van der Waals surface area contributed by atoms with Crippen LogP contribution in [0.2, 0.25) is 0 Å². The molecule has 4 heteroatoms. The summed E-state index contributed by atoms with van der Waals surface area (Å²) in [5, 5.41) is 0. The van der Waals surface area contributed by atoms with Crippen molar-refractivity contribution in [2.75, 3.05) is 0 Å². The van der Waals surface area contributed by atoms with Gasteiger partial charge in [0.2, 0.25) is 0 Å². The van der Waals surface area contributed by atoms with Crippen LogP contribution in [0.3, 0.4) is 0 Å². The predicted molar refractivity (Wildman–Crippen MR) is 25.4 cm³/mol. The van der Waals surface area contributed by atoms with Crippen molar-refractivity contribution in [2.45, 2.75) is 0 Å². The summed E-state index contributed by atoms with van der Waals surface area (Å²) >= 11 is 5.96. The van der Waals surface area contributed by atoms with Gasteiger partial charge in [0, 0.05) is 52.0 Å². The Morgan fingerprint density at radius 3 is 1.25 bits per heavy atom. The molecule has 0 N–H and O–H groups in total. The molecule has 0 heterocycles. The van der Waals surface area contributed by atoms with Gasteiger partial charge in [-0.2, -0.15) is 0 Å². The van der Waals surface area contributed by atoms with E-state index in [1.54, 1.807) is 0 Å². The van der Waals surface area contributed by atoms with Gasteiger partial charge in [0.25, 0.3) is 0 Å². The van der Waals surface area contributed by atoms with Crippen LogP contribution in [0.1, 0.15) is 0 Å². The first-order valence-electron chi connectivity index (χ1n) is 0.309. The van der Waals surface area contributed by atoms with Gasteiger partial charge < -0.3 is 0 Å². The predicted octanol–water partition coefficient (Wildman–Crippen LogP) is 2.34. The molecule has 0 unspecified atom stereocenters. The second kappa shape index (κ2) is 8.90. The van der Waals surface area contributed by atoms with Crippen LogP contribution in [0.4, 0.5) is 0 Å². The molecule has 0 amide bonds. The summed E-state index contributed by atoms with van der Waals surface area (Å²) < 4.78 is 0. The molecule has 0 aliphatic heterocycles. The van der Waals surface area contributed by atoms with Gasteiger partial charge in [-0.1, -0.05) is 0 Å². The zero-order valence-electron chi connectivity index (χ0n) is 1.47. The van der Waals surface area contributed by atoms with Gasteiger partial charge >= 0.3 is 0 Å². The van der Waals surface area contributed by atoms with E-state index < -0.39 is 0 Å². The molecular formula is AgBr2S. The van der Waals surface area contributed by atoms with Crippen molar-refractivity contribution < 1.29 is 22.4 Å². The maximum Gasteiger partial charge on any atom is 0.00191 e. The molecule has 0 bridgehead atoms. The molecule has 0 saturated heterocycles.